The number of rotatable bonds is 4. The molecule has 3 heterocycles. The Kier molecular flexibility index (Phi) is 3.30. The second kappa shape index (κ2) is 5.27. The van der Waals surface area contributed by atoms with Gasteiger partial charge < -0.3 is 5.32 Å². The number of nitrogens with zero attached hydrogens (tertiary/aromatic N) is 5. The van der Waals surface area contributed by atoms with Crippen LogP contribution in [-0.2, 0) is 6.54 Å². The Hall–Kier alpha value is -2.84. The van der Waals surface area contributed by atoms with Gasteiger partial charge in [0.2, 0.25) is 0 Å². The number of halogens is 2. The molecule has 0 aromatic carbocycles. The minimum atomic E-state index is -2.77. The van der Waals surface area contributed by atoms with Crippen molar-refractivity contribution in [2.45, 2.75) is 13.1 Å². The summed E-state index contributed by atoms with van der Waals surface area (Å²) in [6, 6.07) is 6.64. The molecule has 0 bridgehead atoms. The van der Waals surface area contributed by atoms with E-state index in [1.54, 1.807) is 16.7 Å². The van der Waals surface area contributed by atoms with E-state index in [1.807, 2.05) is 12.1 Å². The molecule has 3 rings (SSSR count). The van der Waals surface area contributed by atoms with Gasteiger partial charge in [-0.3, -0.25) is 9.20 Å². The van der Waals surface area contributed by atoms with Crippen molar-refractivity contribution in [3.63, 3.8) is 0 Å². The van der Waals surface area contributed by atoms with Crippen molar-refractivity contribution in [3.05, 3.63) is 48.2 Å². The van der Waals surface area contributed by atoms with Gasteiger partial charge in [-0.1, -0.05) is 6.07 Å². The van der Waals surface area contributed by atoms with Gasteiger partial charge in [0.15, 0.2) is 11.5 Å². The van der Waals surface area contributed by atoms with Gasteiger partial charge in [-0.25, -0.2) is 4.68 Å². The zero-order valence-corrected chi connectivity index (χ0v) is 10.6. The number of alkyl halides is 2. The van der Waals surface area contributed by atoms with E-state index in [0.717, 1.165) is 6.20 Å². The molecule has 1 amide bonds. The number of amides is 1. The van der Waals surface area contributed by atoms with Crippen molar-refractivity contribution in [1.82, 2.24) is 29.7 Å². The Labute approximate surface area is 117 Å². The highest BCUT2D eigenvalue weighted by atomic mass is 19.3. The van der Waals surface area contributed by atoms with Crippen LogP contribution in [0.25, 0.3) is 5.65 Å². The number of carbonyl (C=O) groups excluding carboxylic acids is 1. The van der Waals surface area contributed by atoms with Crippen LogP contribution >= 0.6 is 0 Å². The summed E-state index contributed by atoms with van der Waals surface area (Å²) in [6.45, 7) is -2.65. The van der Waals surface area contributed by atoms with Gasteiger partial charge >= 0.3 is 6.55 Å². The van der Waals surface area contributed by atoms with Gasteiger partial charge in [-0.2, -0.15) is 13.9 Å². The number of hydrogen-bond acceptors (Lipinski definition) is 4. The predicted molar refractivity (Wildman–Crippen MR) is 67.6 cm³/mol. The molecule has 0 fully saturated rings. The normalized spacial score (nSPS) is 11.2. The molecule has 0 aliphatic heterocycles. The topological polar surface area (TPSA) is 77.1 Å². The van der Waals surface area contributed by atoms with Gasteiger partial charge in [0, 0.05) is 12.4 Å². The number of carbonyl (C=O) groups is 1. The SMILES string of the molecule is O=C(NCc1nnc2ccccn12)c1ccn(C(F)F)n1. The molecule has 0 saturated carbocycles. The molecule has 0 radical (unpaired) electrons. The lowest BCUT2D eigenvalue weighted by molar-refractivity contribution is 0.0560. The summed E-state index contributed by atoms with van der Waals surface area (Å²) >= 11 is 0. The molecule has 0 unspecified atom stereocenters. The van der Waals surface area contributed by atoms with Crippen molar-refractivity contribution in [2.75, 3.05) is 0 Å². The highest BCUT2D eigenvalue weighted by Crippen LogP contribution is 2.09. The van der Waals surface area contributed by atoms with E-state index in [0.29, 0.717) is 16.2 Å². The Bertz CT molecular complexity index is 781. The van der Waals surface area contributed by atoms with Crippen LogP contribution in [0.3, 0.4) is 0 Å². The van der Waals surface area contributed by atoms with Crippen LogP contribution in [0, 0.1) is 0 Å². The molecule has 1 N–H and O–H groups in total. The van der Waals surface area contributed by atoms with Crippen LogP contribution in [0.1, 0.15) is 22.9 Å². The number of aromatic nitrogens is 5. The average molecular weight is 292 g/mol. The molecule has 9 heteroatoms. The third kappa shape index (κ3) is 2.57. The largest absolute Gasteiger partial charge is 0.343 e. The summed E-state index contributed by atoms with van der Waals surface area (Å²) in [5.74, 6) is -0.0191. The van der Waals surface area contributed by atoms with Gasteiger partial charge in [0.1, 0.15) is 5.69 Å². The van der Waals surface area contributed by atoms with Crippen molar-refractivity contribution < 1.29 is 13.6 Å². The van der Waals surface area contributed by atoms with Gasteiger partial charge in [0.05, 0.1) is 6.54 Å². The lowest BCUT2D eigenvalue weighted by Gasteiger charge is -2.02. The molecule has 7 nitrogen and oxygen atoms in total. The van der Waals surface area contributed by atoms with Crippen LogP contribution in [0.5, 0.6) is 0 Å². The zero-order chi connectivity index (χ0) is 14.8. The molecular formula is C12H10F2N6O. The molecule has 0 saturated heterocycles. The van der Waals surface area contributed by atoms with E-state index in [2.05, 4.69) is 20.6 Å². The predicted octanol–water partition coefficient (Wildman–Crippen LogP) is 1.25. The molecule has 0 spiro atoms. The lowest BCUT2D eigenvalue weighted by atomic mass is 10.4. The standard InChI is InChI=1S/C12H10F2N6O/c13-12(14)20-6-4-8(18-20)11(21)15-7-10-17-16-9-3-1-2-5-19(9)10/h1-6,12H,7H2,(H,15,21). The molecular weight excluding hydrogens is 282 g/mol. The highest BCUT2D eigenvalue weighted by molar-refractivity contribution is 5.92. The highest BCUT2D eigenvalue weighted by Gasteiger charge is 2.14. The lowest BCUT2D eigenvalue weighted by Crippen LogP contribution is -2.24. The summed E-state index contributed by atoms with van der Waals surface area (Å²) in [5.41, 5.74) is 0.577. The maximum Gasteiger partial charge on any atom is 0.333 e. The second-order valence-electron chi connectivity index (χ2n) is 4.19. The minimum absolute atomic E-state index is 0.0795. The number of nitrogens with one attached hydrogen (secondary N) is 1. The van der Waals surface area contributed by atoms with Crippen LogP contribution in [0.4, 0.5) is 8.78 Å². The first-order valence-electron chi connectivity index (χ1n) is 6.05. The number of pyridine rings is 1. The maximum absolute atomic E-state index is 12.4. The van der Waals surface area contributed by atoms with E-state index in [1.165, 1.54) is 6.07 Å². The first kappa shape index (κ1) is 13.2. The monoisotopic (exact) mass is 292 g/mol. The van der Waals surface area contributed by atoms with Crippen LogP contribution in [-0.4, -0.2) is 30.3 Å². The Balaban J connectivity index is 1.70. The fourth-order valence-electron chi connectivity index (χ4n) is 1.83. The van der Waals surface area contributed by atoms with Crippen molar-refractivity contribution in [1.29, 1.82) is 0 Å². The zero-order valence-electron chi connectivity index (χ0n) is 10.6. The van der Waals surface area contributed by atoms with E-state index < -0.39 is 12.5 Å². The molecule has 0 aliphatic rings. The first-order chi connectivity index (χ1) is 10.1. The minimum Gasteiger partial charge on any atom is -0.343 e. The third-order valence-corrected chi connectivity index (χ3v) is 2.83. The fourth-order valence-corrected chi connectivity index (χ4v) is 1.83. The molecule has 0 aliphatic carbocycles. The molecule has 108 valence electrons. The van der Waals surface area contributed by atoms with Crippen molar-refractivity contribution in [2.24, 2.45) is 0 Å². The van der Waals surface area contributed by atoms with Crippen LogP contribution < -0.4 is 5.32 Å². The summed E-state index contributed by atoms with van der Waals surface area (Å²) < 4.78 is 26.9. The summed E-state index contributed by atoms with van der Waals surface area (Å²) in [6.07, 6.45) is 2.81. The van der Waals surface area contributed by atoms with Crippen LogP contribution in [0.15, 0.2) is 36.7 Å². The van der Waals surface area contributed by atoms with E-state index >= 15 is 0 Å². The molecule has 21 heavy (non-hydrogen) atoms. The van der Waals surface area contributed by atoms with Crippen LogP contribution in [0.2, 0.25) is 0 Å². The van der Waals surface area contributed by atoms with E-state index in [4.69, 9.17) is 0 Å². The smallest absolute Gasteiger partial charge is 0.333 e. The van der Waals surface area contributed by atoms with Crippen molar-refractivity contribution in [3.8, 4) is 0 Å². The Morgan fingerprint density at radius 2 is 2.10 bits per heavy atom. The van der Waals surface area contributed by atoms with E-state index in [-0.39, 0.29) is 12.2 Å². The Morgan fingerprint density at radius 3 is 2.86 bits per heavy atom. The fraction of sp³-hybridized carbons (Fsp3) is 0.167. The van der Waals surface area contributed by atoms with E-state index in [9.17, 15) is 13.6 Å². The van der Waals surface area contributed by atoms with Crippen molar-refractivity contribution >= 4 is 11.6 Å². The first-order valence-corrected chi connectivity index (χ1v) is 6.05. The van der Waals surface area contributed by atoms with Gasteiger partial charge in [0.25, 0.3) is 5.91 Å². The Morgan fingerprint density at radius 1 is 1.24 bits per heavy atom. The molecule has 3 aromatic rings. The third-order valence-electron chi connectivity index (χ3n) is 2.83. The number of hydrogen-bond donors (Lipinski definition) is 1. The summed E-state index contributed by atoms with van der Waals surface area (Å²) in [7, 11) is 0. The van der Waals surface area contributed by atoms with Gasteiger partial charge in [-0.15, -0.1) is 10.2 Å². The van der Waals surface area contributed by atoms with Gasteiger partial charge in [-0.05, 0) is 18.2 Å². The quantitative estimate of drug-likeness (QED) is 0.785. The maximum atomic E-state index is 12.4. The molecule has 0 atom stereocenters. The second-order valence-corrected chi connectivity index (χ2v) is 4.19. The average Bonchev–Trinajstić information content (AvgIpc) is 3.12. The summed E-state index contributed by atoms with van der Waals surface area (Å²) in [5, 5.41) is 13.9. The molecule has 3 aromatic heterocycles. The summed E-state index contributed by atoms with van der Waals surface area (Å²) in [4.78, 5) is 11.8. The number of fused-ring (bicyclic) bond motifs is 1.